The van der Waals surface area contributed by atoms with Crippen molar-refractivity contribution < 1.29 is 27.3 Å². The zero-order valence-corrected chi connectivity index (χ0v) is 9.53. The van der Waals surface area contributed by atoms with Crippen LogP contribution >= 0.6 is 0 Å². The molecule has 2 unspecified atom stereocenters. The number of carbonyl (C=O) groups is 1. The molecule has 0 aliphatic carbocycles. The maximum absolute atomic E-state index is 12.1. The summed E-state index contributed by atoms with van der Waals surface area (Å²) < 4.78 is 47.3. The van der Waals surface area contributed by atoms with Crippen LogP contribution in [0, 0.1) is 5.92 Å². The summed E-state index contributed by atoms with van der Waals surface area (Å²) in [5.74, 6) is -3.66. The highest BCUT2D eigenvalue weighted by atomic mass is 32.2. The zero-order chi connectivity index (χ0) is 12.8. The van der Waals surface area contributed by atoms with Crippen LogP contribution in [0.1, 0.15) is 6.92 Å². The minimum Gasteiger partial charge on any atom is -0.481 e. The monoisotopic (exact) mass is 261 g/mol. The molecule has 0 spiro atoms. The fraction of sp³-hybridized carbons (Fsp3) is 0.875. The fourth-order valence-corrected chi connectivity index (χ4v) is 1.58. The number of nitrogens with one attached hydrogen (secondary N) is 1. The molecule has 0 saturated heterocycles. The summed E-state index contributed by atoms with van der Waals surface area (Å²) in [7, 11) is -1.06. The minimum absolute atomic E-state index is 0.111. The molecule has 0 bridgehead atoms. The number of alkyl halides is 3. The van der Waals surface area contributed by atoms with Crippen LogP contribution in [0.3, 0.4) is 0 Å². The highest BCUT2D eigenvalue weighted by molar-refractivity contribution is 7.84. The molecule has 16 heavy (non-hydrogen) atoms. The lowest BCUT2D eigenvalue weighted by atomic mass is 10.1. The first-order valence-corrected chi connectivity index (χ1v) is 6.13. The van der Waals surface area contributed by atoms with E-state index in [1.54, 1.807) is 6.92 Å². The summed E-state index contributed by atoms with van der Waals surface area (Å²) in [6.45, 7) is 1.12. The zero-order valence-electron chi connectivity index (χ0n) is 8.71. The number of hydrogen-bond donors (Lipinski definition) is 2. The third-order valence-electron chi connectivity index (χ3n) is 1.87. The standard InChI is InChI=1S/C8H14F3NO3S/c1-2-16(15)4-3-12-5-6(7(13)14)8(9,10)11/h6,12H,2-5H2,1H3,(H,13,14). The van der Waals surface area contributed by atoms with Gasteiger partial charge in [0.1, 0.15) is 0 Å². The van der Waals surface area contributed by atoms with Gasteiger partial charge in [0.15, 0.2) is 5.92 Å². The quantitative estimate of drug-likeness (QED) is 0.659. The number of carboxylic acids is 1. The Morgan fingerprint density at radius 3 is 2.44 bits per heavy atom. The van der Waals surface area contributed by atoms with E-state index < -0.39 is 35.4 Å². The molecule has 0 amide bonds. The van der Waals surface area contributed by atoms with Gasteiger partial charge in [-0.15, -0.1) is 0 Å². The van der Waals surface area contributed by atoms with Crippen molar-refractivity contribution in [1.82, 2.24) is 5.32 Å². The predicted octanol–water partition coefficient (Wildman–Crippen LogP) is 0.608. The van der Waals surface area contributed by atoms with Gasteiger partial charge in [0.2, 0.25) is 0 Å². The number of hydrogen-bond acceptors (Lipinski definition) is 3. The first kappa shape index (κ1) is 15.4. The summed E-state index contributed by atoms with van der Waals surface area (Å²) in [5, 5.41) is 10.7. The van der Waals surface area contributed by atoms with E-state index in [0.717, 1.165) is 0 Å². The van der Waals surface area contributed by atoms with Crippen molar-refractivity contribution in [3.63, 3.8) is 0 Å². The van der Waals surface area contributed by atoms with Gasteiger partial charge >= 0.3 is 12.1 Å². The largest absolute Gasteiger partial charge is 0.481 e. The average molecular weight is 261 g/mol. The number of carboxylic acid groups (broad SMARTS) is 1. The van der Waals surface area contributed by atoms with Gasteiger partial charge in [-0.05, 0) is 0 Å². The predicted molar refractivity (Wildman–Crippen MR) is 53.6 cm³/mol. The Balaban J connectivity index is 3.97. The Kier molecular flexibility index (Phi) is 6.58. The molecule has 0 aromatic heterocycles. The Bertz CT molecular complexity index is 257. The maximum Gasteiger partial charge on any atom is 0.403 e. The van der Waals surface area contributed by atoms with E-state index >= 15 is 0 Å². The molecule has 0 heterocycles. The molecule has 0 aromatic carbocycles. The molecule has 2 atom stereocenters. The second kappa shape index (κ2) is 6.85. The molecule has 0 saturated carbocycles. The molecule has 0 aliphatic rings. The Labute approximate surface area is 93.7 Å². The van der Waals surface area contributed by atoms with E-state index in [-0.39, 0.29) is 12.3 Å². The Morgan fingerprint density at radius 2 is 2.06 bits per heavy atom. The van der Waals surface area contributed by atoms with Gasteiger partial charge in [0.25, 0.3) is 0 Å². The first-order valence-electron chi connectivity index (χ1n) is 4.64. The normalized spacial score (nSPS) is 15.8. The van der Waals surface area contributed by atoms with E-state index in [2.05, 4.69) is 5.32 Å². The van der Waals surface area contributed by atoms with Gasteiger partial charge in [-0.2, -0.15) is 13.2 Å². The maximum atomic E-state index is 12.1. The summed E-state index contributed by atoms with van der Waals surface area (Å²) in [6.07, 6.45) is -4.76. The molecular weight excluding hydrogens is 247 g/mol. The highest BCUT2D eigenvalue weighted by Gasteiger charge is 2.44. The van der Waals surface area contributed by atoms with Crippen LogP contribution in [0.5, 0.6) is 0 Å². The topological polar surface area (TPSA) is 66.4 Å². The Morgan fingerprint density at radius 1 is 1.50 bits per heavy atom. The molecule has 96 valence electrons. The molecule has 0 radical (unpaired) electrons. The van der Waals surface area contributed by atoms with E-state index in [4.69, 9.17) is 5.11 Å². The minimum atomic E-state index is -4.76. The van der Waals surface area contributed by atoms with Crippen LogP contribution in [0.4, 0.5) is 13.2 Å². The molecule has 0 rings (SSSR count). The van der Waals surface area contributed by atoms with Crippen molar-refractivity contribution >= 4 is 16.8 Å². The van der Waals surface area contributed by atoms with E-state index in [1.165, 1.54) is 0 Å². The van der Waals surface area contributed by atoms with Gasteiger partial charge in [0, 0.05) is 35.4 Å². The number of halogens is 3. The summed E-state index contributed by atoms with van der Waals surface area (Å²) in [4.78, 5) is 10.3. The molecule has 4 nitrogen and oxygen atoms in total. The van der Waals surface area contributed by atoms with Crippen LogP contribution < -0.4 is 5.32 Å². The van der Waals surface area contributed by atoms with Crippen molar-refractivity contribution in [1.29, 1.82) is 0 Å². The van der Waals surface area contributed by atoms with E-state index in [9.17, 15) is 22.2 Å². The van der Waals surface area contributed by atoms with Crippen LogP contribution in [0.15, 0.2) is 0 Å². The van der Waals surface area contributed by atoms with Crippen LogP contribution in [0.2, 0.25) is 0 Å². The number of aliphatic carboxylic acids is 1. The molecular formula is C8H14F3NO3S. The summed E-state index contributed by atoms with van der Waals surface area (Å²) in [5.41, 5.74) is 0. The van der Waals surface area contributed by atoms with Crippen LogP contribution in [-0.4, -0.2) is 46.1 Å². The third kappa shape index (κ3) is 6.06. The van der Waals surface area contributed by atoms with Gasteiger partial charge in [0.05, 0.1) is 0 Å². The number of rotatable bonds is 7. The average Bonchev–Trinajstić information content (AvgIpc) is 2.14. The smallest absolute Gasteiger partial charge is 0.403 e. The van der Waals surface area contributed by atoms with Crippen molar-refractivity contribution in [3.8, 4) is 0 Å². The lowest BCUT2D eigenvalue weighted by molar-refractivity contribution is -0.192. The third-order valence-corrected chi connectivity index (χ3v) is 3.17. The van der Waals surface area contributed by atoms with Crippen molar-refractivity contribution in [2.24, 2.45) is 5.92 Å². The fourth-order valence-electron chi connectivity index (χ4n) is 0.920. The van der Waals surface area contributed by atoms with E-state index in [1.807, 2.05) is 0 Å². The lowest BCUT2D eigenvalue weighted by Crippen LogP contribution is -2.40. The van der Waals surface area contributed by atoms with Crippen molar-refractivity contribution in [2.45, 2.75) is 13.1 Å². The second-order valence-corrected chi connectivity index (χ2v) is 4.93. The van der Waals surface area contributed by atoms with Crippen molar-refractivity contribution in [3.05, 3.63) is 0 Å². The molecule has 0 aromatic rings. The molecule has 8 heteroatoms. The van der Waals surface area contributed by atoms with Crippen molar-refractivity contribution in [2.75, 3.05) is 24.6 Å². The van der Waals surface area contributed by atoms with Gasteiger partial charge < -0.3 is 10.4 Å². The SMILES string of the molecule is CCS(=O)CCNCC(C(=O)O)C(F)(F)F. The van der Waals surface area contributed by atoms with Gasteiger partial charge in [-0.1, -0.05) is 6.92 Å². The van der Waals surface area contributed by atoms with E-state index in [0.29, 0.717) is 5.75 Å². The first-order chi connectivity index (χ1) is 7.29. The summed E-state index contributed by atoms with van der Waals surface area (Å²) >= 11 is 0. The van der Waals surface area contributed by atoms with Crippen LogP contribution in [0.25, 0.3) is 0 Å². The molecule has 0 fully saturated rings. The highest BCUT2D eigenvalue weighted by Crippen LogP contribution is 2.25. The molecule has 0 aliphatic heterocycles. The van der Waals surface area contributed by atoms with Gasteiger partial charge in [-0.25, -0.2) is 0 Å². The summed E-state index contributed by atoms with van der Waals surface area (Å²) in [6, 6.07) is 0. The van der Waals surface area contributed by atoms with Crippen LogP contribution in [-0.2, 0) is 15.6 Å². The van der Waals surface area contributed by atoms with Gasteiger partial charge in [-0.3, -0.25) is 9.00 Å². The Hall–Kier alpha value is -0.630. The molecule has 2 N–H and O–H groups in total. The second-order valence-electron chi connectivity index (χ2n) is 3.07. The lowest BCUT2D eigenvalue weighted by Gasteiger charge is -2.16.